The fourth-order valence-corrected chi connectivity index (χ4v) is 4.01. The van der Waals surface area contributed by atoms with E-state index in [1.54, 1.807) is 0 Å². The van der Waals surface area contributed by atoms with Crippen LogP contribution in [0.3, 0.4) is 0 Å². The molecule has 26 heavy (non-hydrogen) atoms. The van der Waals surface area contributed by atoms with Crippen LogP contribution in [0.15, 0.2) is 24.3 Å². The number of hydrogen-bond donors (Lipinski definition) is 2. The second-order valence-electron chi connectivity index (χ2n) is 7.95. The van der Waals surface area contributed by atoms with Crippen molar-refractivity contribution < 1.29 is 9.59 Å². The van der Waals surface area contributed by atoms with Gasteiger partial charge in [0.1, 0.15) is 6.04 Å². The average molecular weight is 357 g/mol. The van der Waals surface area contributed by atoms with Crippen LogP contribution in [0.2, 0.25) is 0 Å². The Morgan fingerprint density at radius 1 is 1.08 bits per heavy atom. The van der Waals surface area contributed by atoms with Gasteiger partial charge >= 0.3 is 6.03 Å². The Kier molecular flexibility index (Phi) is 6.17. The highest BCUT2D eigenvalue weighted by Gasteiger charge is 2.31. The topological polar surface area (TPSA) is 61.4 Å². The Bertz CT molecular complexity index is 638. The van der Waals surface area contributed by atoms with Crippen LogP contribution in [0, 0.1) is 5.92 Å². The smallest absolute Gasteiger partial charge is 0.315 e. The number of hydrogen-bond acceptors (Lipinski definition) is 2. The number of carbonyl (C=O) groups is 2. The lowest BCUT2D eigenvalue weighted by molar-refractivity contribution is -0.135. The normalized spacial score (nSPS) is 19.0. The molecule has 1 saturated carbocycles. The van der Waals surface area contributed by atoms with Crippen LogP contribution in [-0.4, -0.2) is 35.5 Å². The standard InChI is InChI=1S/C21H31N3O2/c1-15(2)19(23-21(26)22-18-10-4-3-5-11-18)20(25)24-13-12-16-8-6-7-9-17(16)14-24/h6-9,15,18-19H,3-5,10-14H2,1-2H3,(H2,22,23,26)/t19-/m1/s1. The lowest BCUT2D eigenvalue weighted by Gasteiger charge is -2.34. The summed E-state index contributed by atoms with van der Waals surface area (Å²) in [4.78, 5) is 27.4. The highest BCUT2D eigenvalue weighted by molar-refractivity contribution is 5.87. The highest BCUT2D eigenvalue weighted by atomic mass is 16.2. The maximum absolute atomic E-state index is 13.1. The summed E-state index contributed by atoms with van der Waals surface area (Å²) in [6, 6.07) is 7.83. The van der Waals surface area contributed by atoms with E-state index in [2.05, 4.69) is 22.8 Å². The Morgan fingerprint density at radius 3 is 2.46 bits per heavy atom. The SMILES string of the molecule is CC(C)[C@@H](NC(=O)NC1CCCCC1)C(=O)N1CCc2ccccc2C1. The van der Waals surface area contributed by atoms with E-state index in [4.69, 9.17) is 0 Å². The van der Waals surface area contributed by atoms with Crippen LogP contribution in [0.25, 0.3) is 0 Å². The van der Waals surface area contributed by atoms with Gasteiger partial charge in [0.2, 0.25) is 5.91 Å². The molecule has 0 unspecified atom stereocenters. The number of urea groups is 1. The van der Waals surface area contributed by atoms with Gasteiger partial charge in [0.15, 0.2) is 0 Å². The minimum absolute atomic E-state index is 0.0216. The second kappa shape index (κ2) is 8.56. The quantitative estimate of drug-likeness (QED) is 0.869. The van der Waals surface area contributed by atoms with Crippen LogP contribution in [-0.2, 0) is 17.8 Å². The summed E-state index contributed by atoms with van der Waals surface area (Å²) < 4.78 is 0. The lowest BCUT2D eigenvalue weighted by atomic mass is 9.95. The van der Waals surface area contributed by atoms with Gasteiger partial charge in [-0.05, 0) is 36.3 Å². The number of nitrogens with zero attached hydrogens (tertiary/aromatic N) is 1. The molecule has 1 aromatic rings. The summed E-state index contributed by atoms with van der Waals surface area (Å²) in [5, 5.41) is 6.00. The molecule has 2 N–H and O–H groups in total. The monoisotopic (exact) mass is 357 g/mol. The molecule has 5 nitrogen and oxygen atoms in total. The third kappa shape index (κ3) is 4.57. The molecular formula is C21H31N3O2. The van der Waals surface area contributed by atoms with Crippen molar-refractivity contribution >= 4 is 11.9 Å². The molecule has 0 bridgehead atoms. The van der Waals surface area contributed by atoms with Crippen molar-refractivity contribution in [3.63, 3.8) is 0 Å². The van der Waals surface area contributed by atoms with Crippen LogP contribution in [0.1, 0.15) is 57.1 Å². The fraction of sp³-hybridized carbons (Fsp3) is 0.619. The number of amides is 3. The lowest BCUT2D eigenvalue weighted by Crippen LogP contribution is -2.55. The fourth-order valence-electron chi connectivity index (χ4n) is 4.01. The molecule has 0 radical (unpaired) electrons. The highest BCUT2D eigenvalue weighted by Crippen LogP contribution is 2.20. The molecular weight excluding hydrogens is 326 g/mol. The van der Waals surface area contributed by atoms with Gasteiger partial charge in [-0.2, -0.15) is 0 Å². The summed E-state index contributed by atoms with van der Waals surface area (Å²) in [5.41, 5.74) is 2.53. The van der Waals surface area contributed by atoms with E-state index in [1.165, 1.54) is 30.4 Å². The van der Waals surface area contributed by atoms with Gasteiger partial charge in [0.05, 0.1) is 0 Å². The third-order valence-corrected chi connectivity index (χ3v) is 5.60. The minimum Gasteiger partial charge on any atom is -0.336 e. The molecule has 142 valence electrons. The van der Waals surface area contributed by atoms with Gasteiger partial charge in [-0.3, -0.25) is 4.79 Å². The molecule has 1 aliphatic carbocycles. The van der Waals surface area contributed by atoms with Crippen LogP contribution in [0.4, 0.5) is 4.79 Å². The van der Waals surface area contributed by atoms with E-state index < -0.39 is 6.04 Å². The van der Waals surface area contributed by atoms with Gasteiger partial charge in [0.25, 0.3) is 0 Å². The van der Waals surface area contributed by atoms with Crippen molar-refractivity contribution in [2.24, 2.45) is 5.92 Å². The maximum Gasteiger partial charge on any atom is 0.315 e. The number of fused-ring (bicyclic) bond motifs is 1. The average Bonchev–Trinajstić information content (AvgIpc) is 2.65. The van der Waals surface area contributed by atoms with Crippen molar-refractivity contribution in [2.75, 3.05) is 6.54 Å². The van der Waals surface area contributed by atoms with Gasteiger partial charge < -0.3 is 15.5 Å². The molecule has 5 heteroatoms. The molecule has 1 fully saturated rings. The summed E-state index contributed by atoms with van der Waals surface area (Å²) in [7, 11) is 0. The van der Waals surface area contributed by atoms with Gasteiger partial charge in [-0.15, -0.1) is 0 Å². The van der Waals surface area contributed by atoms with E-state index in [0.29, 0.717) is 13.1 Å². The summed E-state index contributed by atoms with van der Waals surface area (Å²) in [6.45, 7) is 5.32. The third-order valence-electron chi connectivity index (χ3n) is 5.60. The van der Waals surface area contributed by atoms with Crippen molar-refractivity contribution in [2.45, 2.75) is 71.0 Å². The summed E-state index contributed by atoms with van der Waals surface area (Å²) in [5.74, 6) is 0.0741. The first-order valence-corrected chi connectivity index (χ1v) is 9.97. The first kappa shape index (κ1) is 18.7. The zero-order valence-corrected chi connectivity index (χ0v) is 16.0. The van der Waals surface area contributed by atoms with E-state index >= 15 is 0 Å². The van der Waals surface area contributed by atoms with Crippen molar-refractivity contribution in [3.05, 3.63) is 35.4 Å². The Balaban J connectivity index is 1.60. The zero-order chi connectivity index (χ0) is 18.5. The van der Waals surface area contributed by atoms with E-state index in [-0.39, 0.29) is 23.9 Å². The Morgan fingerprint density at radius 2 is 1.77 bits per heavy atom. The molecule has 1 heterocycles. The Hall–Kier alpha value is -2.04. The Labute approximate surface area is 156 Å². The summed E-state index contributed by atoms with van der Waals surface area (Å²) >= 11 is 0. The molecule has 0 aromatic heterocycles. The van der Waals surface area contributed by atoms with Crippen molar-refractivity contribution in [1.29, 1.82) is 0 Å². The molecule has 1 aliphatic heterocycles. The predicted molar refractivity (Wildman–Crippen MR) is 103 cm³/mol. The van der Waals surface area contributed by atoms with E-state index in [9.17, 15) is 9.59 Å². The molecule has 0 spiro atoms. The van der Waals surface area contributed by atoms with E-state index in [1.807, 2.05) is 30.9 Å². The molecule has 3 amide bonds. The number of nitrogens with one attached hydrogen (secondary N) is 2. The van der Waals surface area contributed by atoms with E-state index in [0.717, 1.165) is 19.3 Å². The molecule has 0 saturated heterocycles. The molecule has 1 atom stereocenters. The first-order valence-electron chi connectivity index (χ1n) is 9.97. The van der Waals surface area contributed by atoms with Crippen molar-refractivity contribution in [3.8, 4) is 0 Å². The molecule has 1 aromatic carbocycles. The first-order chi connectivity index (χ1) is 12.5. The van der Waals surface area contributed by atoms with Gasteiger partial charge in [0, 0.05) is 19.1 Å². The maximum atomic E-state index is 13.1. The largest absolute Gasteiger partial charge is 0.336 e. The number of rotatable bonds is 4. The predicted octanol–water partition coefficient (Wildman–Crippen LogP) is 3.23. The van der Waals surface area contributed by atoms with Crippen LogP contribution < -0.4 is 10.6 Å². The number of carbonyl (C=O) groups excluding carboxylic acids is 2. The van der Waals surface area contributed by atoms with Crippen LogP contribution >= 0.6 is 0 Å². The zero-order valence-electron chi connectivity index (χ0n) is 16.0. The van der Waals surface area contributed by atoms with Crippen LogP contribution in [0.5, 0.6) is 0 Å². The molecule has 3 rings (SSSR count). The van der Waals surface area contributed by atoms with Gasteiger partial charge in [-0.1, -0.05) is 57.4 Å². The van der Waals surface area contributed by atoms with Gasteiger partial charge in [-0.25, -0.2) is 4.79 Å². The summed E-state index contributed by atoms with van der Waals surface area (Å²) in [6.07, 6.45) is 6.55. The number of benzene rings is 1. The minimum atomic E-state index is -0.483. The second-order valence-corrected chi connectivity index (χ2v) is 7.95. The van der Waals surface area contributed by atoms with Crippen molar-refractivity contribution in [1.82, 2.24) is 15.5 Å². The molecule has 2 aliphatic rings.